The molecule has 0 aliphatic carbocycles. The maximum atomic E-state index is 13.4. The van der Waals surface area contributed by atoms with Crippen LogP contribution in [-0.2, 0) is 4.79 Å². The summed E-state index contributed by atoms with van der Waals surface area (Å²) >= 11 is 0. The topological polar surface area (TPSA) is 50.4 Å². The van der Waals surface area contributed by atoms with E-state index in [2.05, 4.69) is 15.4 Å². The van der Waals surface area contributed by atoms with Gasteiger partial charge in [-0.3, -0.25) is 4.79 Å². The number of carbonyl (C=O) groups is 1. The van der Waals surface area contributed by atoms with Crippen LogP contribution in [0.1, 0.15) is 12.8 Å². The molecule has 1 aliphatic heterocycles. The molecule has 1 heterocycles. The number of alkyl halides is 2. The second-order valence-electron chi connectivity index (χ2n) is 4.16. The fraction of sp³-hybridized carbons (Fsp3) is 0.417. The third-order valence-electron chi connectivity index (χ3n) is 2.79. The molecule has 1 aliphatic rings. The molecular weight excluding hydrogens is 261 g/mol. The zero-order valence-corrected chi connectivity index (χ0v) is 9.96. The van der Waals surface area contributed by atoms with Gasteiger partial charge in [0.2, 0.25) is 5.91 Å². The lowest BCUT2D eigenvalue weighted by Crippen LogP contribution is -2.35. The van der Waals surface area contributed by atoms with Crippen molar-refractivity contribution in [2.24, 2.45) is 0 Å². The monoisotopic (exact) mass is 274 g/mol. The second-order valence-corrected chi connectivity index (χ2v) is 4.16. The molecule has 104 valence electrons. The van der Waals surface area contributed by atoms with Crippen molar-refractivity contribution in [1.29, 1.82) is 0 Å². The largest absolute Gasteiger partial charge is 0.432 e. The maximum Gasteiger partial charge on any atom is 0.387 e. The van der Waals surface area contributed by atoms with Gasteiger partial charge in [0.1, 0.15) is 0 Å². The van der Waals surface area contributed by atoms with Crippen LogP contribution in [0.3, 0.4) is 0 Å². The van der Waals surface area contributed by atoms with Crippen molar-refractivity contribution in [3.63, 3.8) is 0 Å². The Morgan fingerprint density at radius 1 is 1.47 bits per heavy atom. The standard InChI is InChI=1S/C12H13F3N2O2/c13-8-6-7(3-4-10(8)19-12(14)15)17-11(18)9-2-1-5-16-9/h3-4,6,9,12,16H,1-2,5H2,(H,17,18)/t9-/m1/s1. The van der Waals surface area contributed by atoms with Gasteiger partial charge in [0, 0.05) is 11.8 Å². The lowest BCUT2D eigenvalue weighted by molar-refractivity contribution is -0.117. The van der Waals surface area contributed by atoms with Crippen LogP contribution >= 0.6 is 0 Å². The summed E-state index contributed by atoms with van der Waals surface area (Å²) in [5.74, 6) is -1.76. The second kappa shape index (κ2) is 5.92. The molecule has 2 N–H and O–H groups in total. The Morgan fingerprint density at radius 3 is 2.84 bits per heavy atom. The quantitative estimate of drug-likeness (QED) is 0.884. The molecular formula is C12H13F3N2O2. The van der Waals surface area contributed by atoms with Crippen LogP contribution in [0.25, 0.3) is 0 Å². The molecule has 0 bridgehead atoms. The molecule has 1 amide bonds. The number of hydrogen-bond donors (Lipinski definition) is 2. The molecule has 7 heteroatoms. The fourth-order valence-corrected chi connectivity index (χ4v) is 1.91. The van der Waals surface area contributed by atoms with Gasteiger partial charge in [-0.05, 0) is 31.5 Å². The summed E-state index contributed by atoms with van der Waals surface area (Å²) in [4.78, 5) is 11.7. The molecule has 1 saturated heterocycles. The Morgan fingerprint density at radius 2 is 2.26 bits per heavy atom. The summed E-state index contributed by atoms with van der Waals surface area (Å²) in [6, 6.07) is 3.03. The van der Waals surface area contributed by atoms with Gasteiger partial charge in [0.15, 0.2) is 11.6 Å². The van der Waals surface area contributed by atoms with Gasteiger partial charge < -0.3 is 15.4 Å². The highest BCUT2D eigenvalue weighted by Gasteiger charge is 2.22. The summed E-state index contributed by atoms with van der Waals surface area (Å²) in [6.07, 6.45) is 1.63. The van der Waals surface area contributed by atoms with E-state index in [0.29, 0.717) is 0 Å². The summed E-state index contributed by atoms with van der Waals surface area (Å²) in [6.45, 7) is -2.31. The Bertz CT molecular complexity index is 462. The van der Waals surface area contributed by atoms with Crippen molar-refractivity contribution < 1.29 is 22.7 Å². The van der Waals surface area contributed by atoms with Crippen molar-refractivity contribution >= 4 is 11.6 Å². The predicted octanol–water partition coefficient (Wildman–Crippen LogP) is 2.12. The first-order valence-electron chi connectivity index (χ1n) is 5.85. The molecule has 2 rings (SSSR count). The van der Waals surface area contributed by atoms with Crippen molar-refractivity contribution in [1.82, 2.24) is 5.32 Å². The molecule has 1 fully saturated rings. The normalized spacial score (nSPS) is 18.6. The highest BCUT2D eigenvalue weighted by atomic mass is 19.3. The van der Waals surface area contributed by atoms with Gasteiger partial charge >= 0.3 is 6.61 Å². The summed E-state index contributed by atoms with van der Waals surface area (Å²) in [7, 11) is 0. The molecule has 0 radical (unpaired) electrons. The molecule has 0 unspecified atom stereocenters. The minimum absolute atomic E-state index is 0.206. The van der Waals surface area contributed by atoms with Crippen LogP contribution in [0.4, 0.5) is 18.9 Å². The summed E-state index contributed by atoms with van der Waals surface area (Å²) in [5, 5.41) is 5.52. The molecule has 4 nitrogen and oxygen atoms in total. The minimum atomic E-state index is -3.09. The molecule has 19 heavy (non-hydrogen) atoms. The number of ether oxygens (including phenoxy) is 1. The number of carbonyl (C=O) groups excluding carboxylic acids is 1. The first kappa shape index (κ1) is 13.7. The van der Waals surface area contributed by atoms with E-state index >= 15 is 0 Å². The zero-order valence-electron chi connectivity index (χ0n) is 9.96. The number of hydrogen-bond acceptors (Lipinski definition) is 3. The van der Waals surface area contributed by atoms with Gasteiger partial charge in [-0.2, -0.15) is 8.78 Å². The van der Waals surface area contributed by atoms with Crippen molar-refractivity contribution in [2.45, 2.75) is 25.5 Å². The number of rotatable bonds is 4. The first-order valence-corrected chi connectivity index (χ1v) is 5.85. The third kappa shape index (κ3) is 3.60. The van der Waals surface area contributed by atoms with Crippen LogP contribution < -0.4 is 15.4 Å². The smallest absolute Gasteiger partial charge is 0.387 e. The van der Waals surface area contributed by atoms with E-state index in [1.165, 1.54) is 6.07 Å². The molecule has 1 atom stereocenters. The van der Waals surface area contributed by atoms with E-state index < -0.39 is 18.2 Å². The number of benzene rings is 1. The highest BCUT2D eigenvalue weighted by Crippen LogP contribution is 2.23. The Labute approximate surface area is 107 Å². The van der Waals surface area contributed by atoms with Crippen LogP contribution in [0, 0.1) is 5.82 Å². The first-order chi connectivity index (χ1) is 9.06. The maximum absolute atomic E-state index is 13.4. The Hall–Kier alpha value is -1.76. The molecule has 1 aromatic carbocycles. The van der Waals surface area contributed by atoms with E-state index in [1.807, 2.05) is 0 Å². The van der Waals surface area contributed by atoms with Crippen molar-refractivity contribution in [3.8, 4) is 5.75 Å². The predicted molar refractivity (Wildman–Crippen MR) is 62.7 cm³/mol. The van der Waals surface area contributed by atoms with Gasteiger partial charge in [-0.15, -0.1) is 0 Å². The van der Waals surface area contributed by atoms with Crippen LogP contribution in [0.5, 0.6) is 5.75 Å². The van der Waals surface area contributed by atoms with Crippen LogP contribution in [0.15, 0.2) is 18.2 Å². The minimum Gasteiger partial charge on any atom is -0.432 e. The van der Waals surface area contributed by atoms with E-state index in [4.69, 9.17) is 0 Å². The average Bonchev–Trinajstić information content (AvgIpc) is 2.86. The van der Waals surface area contributed by atoms with Crippen LogP contribution in [0.2, 0.25) is 0 Å². The molecule has 0 saturated carbocycles. The van der Waals surface area contributed by atoms with Gasteiger partial charge in [0.25, 0.3) is 0 Å². The van der Waals surface area contributed by atoms with Gasteiger partial charge in [-0.25, -0.2) is 4.39 Å². The average molecular weight is 274 g/mol. The van der Waals surface area contributed by atoms with E-state index in [1.54, 1.807) is 0 Å². The lowest BCUT2D eigenvalue weighted by atomic mass is 10.2. The van der Waals surface area contributed by atoms with E-state index in [0.717, 1.165) is 31.5 Å². The SMILES string of the molecule is O=C(Nc1ccc(OC(F)F)c(F)c1)[C@H]1CCCN1. The molecule has 0 spiro atoms. The van der Waals surface area contributed by atoms with Gasteiger partial charge in [-0.1, -0.05) is 0 Å². The highest BCUT2D eigenvalue weighted by molar-refractivity contribution is 5.95. The number of nitrogens with one attached hydrogen (secondary N) is 2. The summed E-state index contributed by atoms with van der Waals surface area (Å²) in [5.41, 5.74) is 0.206. The van der Waals surface area contributed by atoms with E-state index in [-0.39, 0.29) is 17.6 Å². The number of halogens is 3. The Kier molecular flexibility index (Phi) is 4.26. The van der Waals surface area contributed by atoms with Gasteiger partial charge in [0.05, 0.1) is 6.04 Å². The van der Waals surface area contributed by atoms with Crippen molar-refractivity contribution in [2.75, 3.05) is 11.9 Å². The van der Waals surface area contributed by atoms with Crippen molar-refractivity contribution in [3.05, 3.63) is 24.0 Å². The number of amides is 1. The third-order valence-corrected chi connectivity index (χ3v) is 2.79. The lowest BCUT2D eigenvalue weighted by Gasteiger charge is -2.12. The zero-order chi connectivity index (χ0) is 13.8. The molecule has 0 aromatic heterocycles. The summed E-state index contributed by atoms with van der Waals surface area (Å²) < 4.78 is 41.3. The number of anilines is 1. The van der Waals surface area contributed by atoms with E-state index in [9.17, 15) is 18.0 Å². The Balaban J connectivity index is 2.01. The fourth-order valence-electron chi connectivity index (χ4n) is 1.91. The molecule has 1 aromatic rings. The van der Waals surface area contributed by atoms with Crippen LogP contribution in [-0.4, -0.2) is 25.1 Å².